The number of ketones is 1. The summed E-state index contributed by atoms with van der Waals surface area (Å²) in [5, 5.41) is 0. The molecule has 0 aromatic heterocycles. The Labute approximate surface area is 127 Å². The van der Waals surface area contributed by atoms with E-state index in [9.17, 15) is 4.79 Å². The van der Waals surface area contributed by atoms with Gasteiger partial charge in [0.25, 0.3) is 0 Å². The van der Waals surface area contributed by atoms with Gasteiger partial charge in [-0.05, 0) is 62.8 Å². The van der Waals surface area contributed by atoms with Gasteiger partial charge in [-0.2, -0.15) is 0 Å². The number of benzene rings is 1. The topological polar surface area (TPSA) is 29.5 Å². The van der Waals surface area contributed by atoms with Crippen LogP contribution in [0.5, 0.6) is 0 Å². The molecular formula is C18H25NO2. The molecule has 3 nitrogen and oxygen atoms in total. The van der Waals surface area contributed by atoms with Crippen LogP contribution in [0.15, 0.2) is 24.3 Å². The molecule has 1 saturated carbocycles. The van der Waals surface area contributed by atoms with Gasteiger partial charge < -0.3 is 9.64 Å². The monoisotopic (exact) mass is 287 g/mol. The van der Waals surface area contributed by atoms with Gasteiger partial charge in [0, 0.05) is 30.9 Å². The minimum atomic E-state index is 0.129. The summed E-state index contributed by atoms with van der Waals surface area (Å²) in [5.41, 5.74) is 2.01. The van der Waals surface area contributed by atoms with Gasteiger partial charge in [-0.3, -0.25) is 4.79 Å². The van der Waals surface area contributed by atoms with Gasteiger partial charge in [0.15, 0.2) is 5.78 Å². The number of piperidine rings is 1. The average molecular weight is 287 g/mol. The van der Waals surface area contributed by atoms with Crippen molar-refractivity contribution in [2.75, 3.05) is 24.6 Å². The third-order valence-corrected chi connectivity index (χ3v) is 4.87. The maximum atomic E-state index is 11.3. The third-order valence-electron chi connectivity index (χ3n) is 4.87. The average Bonchev–Trinajstić information content (AvgIpc) is 2.46. The van der Waals surface area contributed by atoms with Gasteiger partial charge in [-0.25, -0.2) is 0 Å². The fraction of sp³-hybridized carbons (Fsp3) is 0.611. The van der Waals surface area contributed by atoms with E-state index in [1.54, 1.807) is 6.92 Å². The predicted molar refractivity (Wildman–Crippen MR) is 85.0 cm³/mol. The summed E-state index contributed by atoms with van der Waals surface area (Å²) in [6, 6.07) is 7.98. The van der Waals surface area contributed by atoms with Crippen molar-refractivity contribution in [1.82, 2.24) is 0 Å². The van der Waals surface area contributed by atoms with Crippen molar-refractivity contribution in [2.45, 2.75) is 45.1 Å². The number of hydrogen-bond acceptors (Lipinski definition) is 3. The molecule has 1 heterocycles. The van der Waals surface area contributed by atoms with Crippen molar-refractivity contribution in [3.8, 4) is 0 Å². The predicted octanol–water partition coefficient (Wildman–Crippen LogP) is 3.67. The van der Waals surface area contributed by atoms with E-state index >= 15 is 0 Å². The number of anilines is 1. The van der Waals surface area contributed by atoms with Crippen LogP contribution in [0.4, 0.5) is 5.69 Å². The Morgan fingerprint density at radius 2 is 1.81 bits per heavy atom. The first kappa shape index (κ1) is 14.6. The summed E-state index contributed by atoms with van der Waals surface area (Å²) in [6.07, 6.45) is 6.78. The number of hydrogen-bond donors (Lipinski definition) is 0. The van der Waals surface area contributed by atoms with E-state index in [1.165, 1.54) is 24.9 Å². The van der Waals surface area contributed by atoms with Crippen LogP contribution in [0.1, 0.15) is 49.4 Å². The van der Waals surface area contributed by atoms with Crippen LogP contribution in [0, 0.1) is 5.92 Å². The Kier molecular flexibility index (Phi) is 4.59. The number of rotatable bonds is 5. The first-order valence-electron chi connectivity index (χ1n) is 8.20. The summed E-state index contributed by atoms with van der Waals surface area (Å²) in [7, 11) is 0. The minimum Gasteiger partial charge on any atom is -0.378 e. The van der Waals surface area contributed by atoms with Gasteiger partial charge >= 0.3 is 0 Å². The second kappa shape index (κ2) is 6.61. The van der Waals surface area contributed by atoms with E-state index in [0.717, 1.165) is 44.0 Å². The standard InChI is InChI=1S/C18H25NO2/c1-14(20)16-5-7-17(8-6-16)19-11-9-18(10-12-19)21-13-15-3-2-4-15/h5-8,15,18H,2-4,9-13H2,1H3. The van der Waals surface area contributed by atoms with Crippen molar-refractivity contribution in [3.63, 3.8) is 0 Å². The molecule has 0 radical (unpaired) electrons. The molecule has 0 atom stereocenters. The molecule has 1 aromatic carbocycles. The molecule has 0 amide bonds. The fourth-order valence-corrected chi connectivity index (χ4v) is 3.12. The highest BCUT2D eigenvalue weighted by atomic mass is 16.5. The lowest BCUT2D eigenvalue weighted by molar-refractivity contribution is -0.000937. The molecule has 3 heteroatoms. The second-order valence-electron chi connectivity index (χ2n) is 6.42. The number of carbonyl (C=O) groups is 1. The summed E-state index contributed by atoms with van der Waals surface area (Å²) < 4.78 is 6.05. The molecular weight excluding hydrogens is 262 g/mol. The molecule has 0 bridgehead atoms. The molecule has 2 fully saturated rings. The SMILES string of the molecule is CC(=O)c1ccc(N2CCC(OCC3CCC3)CC2)cc1. The molecule has 3 rings (SSSR count). The summed E-state index contributed by atoms with van der Waals surface area (Å²) in [6.45, 7) is 4.68. The van der Waals surface area contributed by atoms with Crippen LogP contribution in [-0.2, 0) is 4.74 Å². The summed E-state index contributed by atoms with van der Waals surface area (Å²) in [4.78, 5) is 13.7. The molecule has 0 N–H and O–H groups in total. The fourth-order valence-electron chi connectivity index (χ4n) is 3.12. The van der Waals surface area contributed by atoms with E-state index in [-0.39, 0.29) is 5.78 Å². The molecule has 1 aliphatic carbocycles. The Morgan fingerprint density at radius 3 is 2.33 bits per heavy atom. The zero-order valence-corrected chi connectivity index (χ0v) is 12.9. The molecule has 0 spiro atoms. The molecule has 2 aliphatic rings. The van der Waals surface area contributed by atoms with E-state index in [0.29, 0.717) is 6.10 Å². The minimum absolute atomic E-state index is 0.129. The molecule has 114 valence electrons. The Morgan fingerprint density at radius 1 is 1.14 bits per heavy atom. The summed E-state index contributed by atoms with van der Waals surface area (Å²) in [5.74, 6) is 0.965. The molecule has 1 saturated heterocycles. The lowest BCUT2D eigenvalue weighted by Crippen LogP contribution is -2.38. The maximum absolute atomic E-state index is 11.3. The van der Waals surface area contributed by atoms with Crippen LogP contribution in [0.3, 0.4) is 0 Å². The zero-order valence-electron chi connectivity index (χ0n) is 12.9. The highest BCUT2D eigenvalue weighted by Gasteiger charge is 2.23. The van der Waals surface area contributed by atoms with Gasteiger partial charge in [0.05, 0.1) is 6.10 Å². The van der Waals surface area contributed by atoms with E-state index in [2.05, 4.69) is 17.0 Å². The van der Waals surface area contributed by atoms with Crippen LogP contribution < -0.4 is 4.90 Å². The second-order valence-corrected chi connectivity index (χ2v) is 6.42. The molecule has 1 aliphatic heterocycles. The van der Waals surface area contributed by atoms with Crippen molar-refractivity contribution in [1.29, 1.82) is 0 Å². The van der Waals surface area contributed by atoms with Crippen LogP contribution in [-0.4, -0.2) is 31.6 Å². The van der Waals surface area contributed by atoms with Crippen LogP contribution in [0.2, 0.25) is 0 Å². The lowest BCUT2D eigenvalue weighted by atomic mass is 9.86. The van der Waals surface area contributed by atoms with Gasteiger partial charge in [0.2, 0.25) is 0 Å². The Balaban J connectivity index is 1.47. The largest absolute Gasteiger partial charge is 0.378 e. The number of Topliss-reactive ketones (excluding diaryl/α,β-unsaturated/α-hetero) is 1. The normalized spacial score (nSPS) is 20.3. The van der Waals surface area contributed by atoms with Crippen molar-refractivity contribution in [2.24, 2.45) is 5.92 Å². The number of ether oxygens (including phenoxy) is 1. The first-order chi connectivity index (χ1) is 10.2. The van der Waals surface area contributed by atoms with E-state index < -0.39 is 0 Å². The molecule has 21 heavy (non-hydrogen) atoms. The lowest BCUT2D eigenvalue weighted by Gasteiger charge is -2.35. The van der Waals surface area contributed by atoms with Gasteiger partial charge in [-0.15, -0.1) is 0 Å². The third kappa shape index (κ3) is 3.65. The van der Waals surface area contributed by atoms with E-state index in [4.69, 9.17) is 4.74 Å². The maximum Gasteiger partial charge on any atom is 0.159 e. The first-order valence-corrected chi connectivity index (χ1v) is 8.20. The number of nitrogens with zero attached hydrogens (tertiary/aromatic N) is 1. The Hall–Kier alpha value is -1.35. The highest BCUT2D eigenvalue weighted by Crippen LogP contribution is 2.28. The molecule has 0 unspecified atom stereocenters. The highest BCUT2D eigenvalue weighted by molar-refractivity contribution is 5.94. The smallest absolute Gasteiger partial charge is 0.159 e. The van der Waals surface area contributed by atoms with Crippen molar-refractivity contribution < 1.29 is 9.53 Å². The van der Waals surface area contributed by atoms with Crippen molar-refractivity contribution in [3.05, 3.63) is 29.8 Å². The van der Waals surface area contributed by atoms with Gasteiger partial charge in [-0.1, -0.05) is 6.42 Å². The van der Waals surface area contributed by atoms with Crippen LogP contribution >= 0.6 is 0 Å². The zero-order chi connectivity index (χ0) is 14.7. The van der Waals surface area contributed by atoms with Crippen molar-refractivity contribution >= 4 is 11.5 Å². The number of carbonyl (C=O) groups excluding carboxylic acids is 1. The summed E-state index contributed by atoms with van der Waals surface area (Å²) >= 11 is 0. The van der Waals surface area contributed by atoms with Gasteiger partial charge in [0.1, 0.15) is 0 Å². The van der Waals surface area contributed by atoms with Crippen LogP contribution in [0.25, 0.3) is 0 Å². The van der Waals surface area contributed by atoms with E-state index in [1.807, 2.05) is 12.1 Å². The molecule has 1 aromatic rings. The Bertz CT molecular complexity index is 470. The quantitative estimate of drug-likeness (QED) is 0.774.